The fourth-order valence-electron chi connectivity index (χ4n) is 2.29. The molecule has 2 aliphatic heterocycles. The van der Waals surface area contributed by atoms with Crippen LogP contribution in [0.3, 0.4) is 0 Å². The maximum atomic E-state index is 12.6. The molecular weight excluding hydrogens is 247 g/mol. The molecule has 0 amide bonds. The third kappa shape index (κ3) is 1.88. The molecule has 4 nitrogen and oxygen atoms in total. The van der Waals surface area contributed by atoms with Crippen LogP contribution in [0.5, 0.6) is 5.75 Å². The first-order valence-electron chi connectivity index (χ1n) is 5.73. The minimum Gasteiger partial charge on any atom is -0.487 e. The Morgan fingerprint density at radius 3 is 3.06 bits per heavy atom. The molecule has 7 heteroatoms. The number of nitrogens with one attached hydrogen (secondary N) is 1. The highest BCUT2D eigenvalue weighted by Crippen LogP contribution is 2.37. The monoisotopic (exact) mass is 259 g/mol. The molecule has 1 atom stereocenters. The van der Waals surface area contributed by atoms with E-state index in [1.807, 2.05) is 4.90 Å². The molecule has 3 heterocycles. The molecule has 1 aromatic heterocycles. The first-order chi connectivity index (χ1) is 8.55. The molecule has 0 aliphatic carbocycles. The minimum absolute atomic E-state index is 0.149. The maximum Gasteiger partial charge on any atom is 0.418 e. The van der Waals surface area contributed by atoms with Crippen LogP contribution in [0.15, 0.2) is 12.3 Å². The lowest BCUT2D eigenvalue weighted by Gasteiger charge is -2.40. The molecule has 18 heavy (non-hydrogen) atoms. The Bertz CT molecular complexity index is 463. The fraction of sp³-hybridized carbons (Fsp3) is 0.545. The fourth-order valence-corrected chi connectivity index (χ4v) is 2.29. The Morgan fingerprint density at radius 1 is 1.44 bits per heavy atom. The Morgan fingerprint density at radius 2 is 2.28 bits per heavy atom. The smallest absolute Gasteiger partial charge is 0.418 e. The molecule has 0 unspecified atom stereocenters. The van der Waals surface area contributed by atoms with Gasteiger partial charge in [0.1, 0.15) is 6.61 Å². The molecule has 0 bridgehead atoms. The van der Waals surface area contributed by atoms with Gasteiger partial charge >= 0.3 is 6.18 Å². The first-order valence-corrected chi connectivity index (χ1v) is 5.73. The molecule has 98 valence electrons. The number of halogens is 3. The van der Waals surface area contributed by atoms with Crippen LogP contribution in [-0.2, 0) is 6.18 Å². The van der Waals surface area contributed by atoms with Gasteiger partial charge in [-0.05, 0) is 6.07 Å². The van der Waals surface area contributed by atoms with Crippen LogP contribution in [0.2, 0.25) is 0 Å². The summed E-state index contributed by atoms with van der Waals surface area (Å²) in [4.78, 5) is 5.93. The van der Waals surface area contributed by atoms with E-state index in [1.165, 1.54) is 0 Å². The first kappa shape index (κ1) is 11.6. The Balaban J connectivity index is 1.96. The quantitative estimate of drug-likeness (QED) is 0.761. The van der Waals surface area contributed by atoms with Crippen molar-refractivity contribution in [1.29, 1.82) is 0 Å². The summed E-state index contributed by atoms with van der Waals surface area (Å²) in [6.45, 7) is 2.70. The van der Waals surface area contributed by atoms with Crippen molar-refractivity contribution in [2.45, 2.75) is 12.2 Å². The van der Waals surface area contributed by atoms with Crippen LogP contribution >= 0.6 is 0 Å². The summed E-state index contributed by atoms with van der Waals surface area (Å²) in [5.74, 6) is 0.740. The van der Waals surface area contributed by atoms with Gasteiger partial charge in [-0.2, -0.15) is 13.2 Å². The van der Waals surface area contributed by atoms with Crippen LogP contribution in [0.1, 0.15) is 5.56 Å². The van der Waals surface area contributed by atoms with Gasteiger partial charge in [-0.25, -0.2) is 4.98 Å². The van der Waals surface area contributed by atoms with Crippen LogP contribution in [0, 0.1) is 0 Å². The summed E-state index contributed by atoms with van der Waals surface area (Å²) < 4.78 is 43.1. The number of aromatic nitrogens is 1. The standard InChI is InChI=1S/C11H12F3N3O/c12-11(13,14)7-3-9-10(16-4-7)17-2-1-15-5-8(17)6-18-9/h3-4,8,15H,1-2,5-6H2/t8-/m0/s1. The van der Waals surface area contributed by atoms with Crippen LogP contribution in [-0.4, -0.2) is 37.3 Å². The Hall–Kier alpha value is -1.50. The van der Waals surface area contributed by atoms with E-state index in [-0.39, 0.29) is 11.8 Å². The number of piperazine rings is 1. The van der Waals surface area contributed by atoms with Gasteiger partial charge in [0.25, 0.3) is 0 Å². The normalized spacial score (nSPS) is 23.1. The number of alkyl halides is 3. The lowest BCUT2D eigenvalue weighted by atomic mass is 10.1. The zero-order valence-corrected chi connectivity index (χ0v) is 9.50. The van der Waals surface area contributed by atoms with E-state index >= 15 is 0 Å². The largest absolute Gasteiger partial charge is 0.487 e. The van der Waals surface area contributed by atoms with Crippen molar-refractivity contribution in [3.05, 3.63) is 17.8 Å². The average Bonchev–Trinajstić information content (AvgIpc) is 2.37. The van der Waals surface area contributed by atoms with Crippen LogP contribution in [0.4, 0.5) is 19.0 Å². The molecule has 2 aliphatic rings. The van der Waals surface area contributed by atoms with Gasteiger partial charge < -0.3 is 15.0 Å². The zero-order chi connectivity index (χ0) is 12.8. The summed E-state index contributed by atoms with van der Waals surface area (Å²) in [6.07, 6.45) is -3.52. The van der Waals surface area contributed by atoms with Gasteiger partial charge in [-0.3, -0.25) is 0 Å². The van der Waals surface area contributed by atoms with Gasteiger partial charge in [0.2, 0.25) is 0 Å². The number of hydrogen-bond acceptors (Lipinski definition) is 4. The van der Waals surface area contributed by atoms with Gasteiger partial charge in [-0.15, -0.1) is 0 Å². The van der Waals surface area contributed by atoms with Crippen molar-refractivity contribution >= 4 is 5.82 Å². The van der Waals surface area contributed by atoms with E-state index in [2.05, 4.69) is 10.3 Å². The lowest BCUT2D eigenvalue weighted by Crippen LogP contribution is -2.56. The van der Waals surface area contributed by atoms with Crippen molar-refractivity contribution in [2.75, 3.05) is 31.1 Å². The summed E-state index contributed by atoms with van der Waals surface area (Å²) >= 11 is 0. The number of anilines is 1. The number of rotatable bonds is 0. The summed E-state index contributed by atoms with van der Waals surface area (Å²) in [6, 6.07) is 1.18. The second-order valence-electron chi connectivity index (χ2n) is 4.41. The SMILES string of the molecule is FC(F)(F)c1cnc2c(c1)OC[C@@H]1CNCCN21. The molecule has 3 rings (SSSR count). The molecule has 1 N–H and O–H groups in total. The van der Waals surface area contributed by atoms with E-state index in [9.17, 15) is 13.2 Å². The highest BCUT2D eigenvalue weighted by molar-refractivity contribution is 5.56. The highest BCUT2D eigenvalue weighted by Gasteiger charge is 2.35. The minimum atomic E-state index is -4.38. The number of pyridine rings is 1. The third-order valence-electron chi connectivity index (χ3n) is 3.21. The number of nitrogens with zero attached hydrogens (tertiary/aromatic N) is 2. The molecule has 1 saturated heterocycles. The van der Waals surface area contributed by atoms with Gasteiger partial charge in [-0.1, -0.05) is 0 Å². The van der Waals surface area contributed by atoms with E-state index in [0.29, 0.717) is 12.4 Å². The van der Waals surface area contributed by atoms with E-state index in [0.717, 1.165) is 31.9 Å². The van der Waals surface area contributed by atoms with Crippen molar-refractivity contribution in [3.8, 4) is 5.75 Å². The summed E-state index contributed by atoms with van der Waals surface area (Å²) in [5, 5.41) is 3.22. The molecule has 0 spiro atoms. The molecular formula is C11H12F3N3O. The predicted octanol–water partition coefficient (Wildman–Crippen LogP) is 1.27. The van der Waals surface area contributed by atoms with Gasteiger partial charge in [0, 0.05) is 25.8 Å². The molecule has 1 aromatic rings. The molecule has 0 radical (unpaired) electrons. The third-order valence-corrected chi connectivity index (χ3v) is 3.21. The Kier molecular flexibility index (Phi) is 2.58. The van der Waals surface area contributed by atoms with Gasteiger partial charge in [0.05, 0.1) is 11.6 Å². The molecule has 0 aromatic carbocycles. The van der Waals surface area contributed by atoms with Crippen molar-refractivity contribution < 1.29 is 17.9 Å². The summed E-state index contributed by atoms with van der Waals surface area (Å²) in [5.41, 5.74) is -0.769. The van der Waals surface area contributed by atoms with E-state index < -0.39 is 11.7 Å². The predicted molar refractivity (Wildman–Crippen MR) is 58.7 cm³/mol. The van der Waals surface area contributed by atoms with Crippen molar-refractivity contribution in [1.82, 2.24) is 10.3 Å². The second-order valence-corrected chi connectivity index (χ2v) is 4.41. The van der Waals surface area contributed by atoms with Crippen LogP contribution in [0.25, 0.3) is 0 Å². The van der Waals surface area contributed by atoms with E-state index in [1.54, 1.807) is 0 Å². The second kappa shape index (κ2) is 4.01. The summed E-state index contributed by atoms with van der Waals surface area (Å²) in [7, 11) is 0. The highest BCUT2D eigenvalue weighted by atomic mass is 19.4. The number of ether oxygens (including phenoxy) is 1. The number of fused-ring (bicyclic) bond motifs is 3. The van der Waals surface area contributed by atoms with Crippen LogP contribution < -0.4 is 15.0 Å². The average molecular weight is 259 g/mol. The molecule has 0 saturated carbocycles. The maximum absolute atomic E-state index is 12.6. The Labute approximate surface area is 102 Å². The van der Waals surface area contributed by atoms with Crippen molar-refractivity contribution in [3.63, 3.8) is 0 Å². The van der Waals surface area contributed by atoms with E-state index in [4.69, 9.17) is 4.74 Å². The van der Waals surface area contributed by atoms with Crippen molar-refractivity contribution in [2.24, 2.45) is 0 Å². The lowest BCUT2D eigenvalue weighted by molar-refractivity contribution is -0.137. The number of hydrogen-bond donors (Lipinski definition) is 1. The topological polar surface area (TPSA) is 37.4 Å². The van der Waals surface area contributed by atoms with Gasteiger partial charge in [0.15, 0.2) is 11.6 Å². The zero-order valence-electron chi connectivity index (χ0n) is 9.50. The molecule has 1 fully saturated rings.